The molecule has 1 spiro atoms. The molecule has 1 N–H and O–H groups in total. The summed E-state index contributed by atoms with van der Waals surface area (Å²) in [5.41, 5.74) is -1.81. The van der Waals surface area contributed by atoms with Gasteiger partial charge >= 0.3 is 6.18 Å². The van der Waals surface area contributed by atoms with Gasteiger partial charge in [0.2, 0.25) is 5.91 Å². The number of anilines is 1. The quantitative estimate of drug-likeness (QED) is 0.786. The van der Waals surface area contributed by atoms with E-state index >= 15 is 0 Å². The zero-order valence-electron chi connectivity index (χ0n) is 11.4. The van der Waals surface area contributed by atoms with Gasteiger partial charge in [-0.3, -0.25) is 4.79 Å². The van der Waals surface area contributed by atoms with Crippen LogP contribution in [0, 0.1) is 5.41 Å². The highest BCUT2D eigenvalue weighted by Gasteiger charge is 2.44. The molecule has 1 saturated carbocycles. The molecule has 0 bridgehead atoms. The summed E-state index contributed by atoms with van der Waals surface area (Å²) in [7, 11) is 0. The highest BCUT2D eigenvalue weighted by Crippen LogP contribution is 2.45. The Morgan fingerprint density at radius 2 is 1.86 bits per heavy atom. The molecule has 1 fully saturated rings. The summed E-state index contributed by atoms with van der Waals surface area (Å²) in [4.78, 5) is 12.5. The number of amides is 1. The van der Waals surface area contributed by atoms with Crippen LogP contribution in [0.15, 0.2) is 18.2 Å². The fourth-order valence-electron chi connectivity index (χ4n) is 3.14. The van der Waals surface area contributed by atoms with Crippen LogP contribution >= 0.6 is 0 Å². The van der Waals surface area contributed by atoms with Gasteiger partial charge in [0.05, 0.1) is 16.7 Å². The number of ether oxygens (including phenoxy) is 1. The first kappa shape index (κ1) is 14.2. The number of carbonyl (C=O) groups is 1. The number of halogens is 3. The predicted molar refractivity (Wildman–Crippen MR) is 71.1 cm³/mol. The van der Waals surface area contributed by atoms with Crippen LogP contribution in [0.5, 0.6) is 5.75 Å². The number of fused-ring (bicyclic) bond motifs is 1. The lowest BCUT2D eigenvalue weighted by Gasteiger charge is -2.33. The lowest BCUT2D eigenvalue weighted by molar-refractivity contribution is -0.137. The summed E-state index contributed by atoms with van der Waals surface area (Å²) < 4.78 is 44.8. The van der Waals surface area contributed by atoms with Crippen molar-refractivity contribution in [2.45, 2.75) is 38.3 Å². The fraction of sp³-hybridized carbons (Fsp3) is 0.533. The summed E-state index contributed by atoms with van der Waals surface area (Å²) >= 11 is 0. The highest BCUT2D eigenvalue weighted by atomic mass is 19.4. The van der Waals surface area contributed by atoms with Crippen molar-refractivity contribution in [2.75, 3.05) is 11.9 Å². The first-order chi connectivity index (χ1) is 9.92. The molecule has 1 amide bonds. The van der Waals surface area contributed by atoms with E-state index in [9.17, 15) is 18.0 Å². The topological polar surface area (TPSA) is 38.3 Å². The molecule has 0 unspecified atom stereocenters. The normalized spacial score (nSPS) is 21.2. The number of para-hydroxylation sites is 1. The van der Waals surface area contributed by atoms with Gasteiger partial charge in [0.25, 0.3) is 0 Å². The number of nitrogens with one attached hydrogen (secondary N) is 1. The molecule has 114 valence electrons. The van der Waals surface area contributed by atoms with Crippen LogP contribution in [0.4, 0.5) is 18.9 Å². The van der Waals surface area contributed by atoms with Crippen LogP contribution in [0.3, 0.4) is 0 Å². The molecule has 1 heterocycles. The Balaban J connectivity index is 1.99. The van der Waals surface area contributed by atoms with E-state index in [1.54, 1.807) is 0 Å². The first-order valence-corrected chi connectivity index (χ1v) is 7.07. The first-order valence-electron chi connectivity index (χ1n) is 7.07. The molecule has 1 aliphatic carbocycles. The molecule has 0 atom stereocenters. The molecule has 21 heavy (non-hydrogen) atoms. The van der Waals surface area contributed by atoms with Gasteiger partial charge in [0.15, 0.2) is 0 Å². The van der Waals surface area contributed by atoms with Gasteiger partial charge in [-0.05, 0) is 25.0 Å². The maximum absolute atomic E-state index is 13.1. The summed E-state index contributed by atoms with van der Waals surface area (Å²) in [5, 5.41) is 2.47. The maximum Gasteiger partial charge on any atom is 0.418 e. The van der Waals surface area contributed by atoms with Gasteiger partial charge < -0.3 is 10.1 Å². The van der Waals surface area contributed by atoms with Crippen molar-refractivity contribution < 1.29 is 22.7 Å². The summed E-state index contributed by atoms with van der Waals surface area (Å²) in [5.74, 6) is -0.252. The smallest absolute Gasteiger partial charge is 0.418 e. The molecule has 1 aromatic carbocycles. The molecule has 1 aromatic rings. The summed E-state index contributed by atoms with van der Waals surface area (Å²) in [6.45, 7) is 0.146. The molecule has 1 aliphatic heterocycles. The zero-order valence-corrected chi connectivity index (χ0v) is 11.4. The van der Waals surface area contributed by atoms with Gasteiger partial charge in [0.1, 0.15) is 12.4 Å². The Morgan fingerprint density at radius 1 is 1.14 bits per heavy atom. The molecule has 2 aliphatic rings. The highest BCUT2D eigenvalue weighted by molar-refractivity contribution is 5.98. The number of benzene rings is 1. The van der Waals surface area contributed by atoms with Gasteiger partial charge in [-0.2, -0.15) is 13.2 Å². The molecule has 3 rings (SSSR count). The lowest BCUT2D eigenvalue weighted by atomic mass is 9.74. The third kappa shape index (κ3) is 2.47. The van der Waals surface area contributed by atoms with Crippen molar-refractivity contribution in [3.63, 3.8) is 0 Å². The van der Waals surface area contributed by atoms with E-state index in [1.807, 2.05) is 0 Å². The van der Waals surface area contributed by atoms with Gasteiger partial charge in [-0.1, -0.05) is 25.3 Å². The fourth-order valence-corrected chi connectivity index (χ4v) is 3.14. The number of rotatable bonds is 0. The monoisotopic (exact) mass is 299 g/mol. The van der Waals surface area contributed by atoms with E-state index in [2.05, 4.69) is 5.32 Å². The van der Waals surface area contributed by atoms with Crippen molar-refractivity contribution in [2.24, 2.45) is 5.41 Å². The minimum Gasteiger partial charge on any atom is -0.490 e. The number of hydrogen-bond acceptors (Lipinski definition) is 2. The minimum absolute atomic E-state index is 0.0978. The van der Waals surface area contributed by atoms with E-state index in [-0.39, 0.29) is 24.0 Å². The van der Waals surface area contributed by atoms with Crippen LogP contribution in [0.25, 0.3) is 0 Å². The molecule has 0 radical (unpaired) electrons. The van der Waals surface area contributed by atoms with Gasteiger partial charge in [-0.15, -0.1) is 0 Å². The molecular weight excluding hydrogens is 283 g/mol. The molecule has 6 heteroatoms. The number of alkyl halides is 3. The third-order valence-electron chi connectivity index (χ3n) is 4.37. The second kappa shape index (κ2) is 4.93. The van der Waals surface area contributed by atoms with Gasteiger partial charge in [0, 0.05) is 0 Å². The van der Waals surface area contributed by atoms with E-state index in [1.165, 1.54) is 12.1 Å². The van der Waals surface area contributed by atoms with Crippen molar-refractivity contribution >= 4 is 11.6 Å². The van der Waals surface area contributed by atoms with Crippen molar-refractivity contribution in [3.05, 3.63) is 23.8 Å². The summed E-state index contributed by atoms with van der Waals surface area (Å²) in [6.07, 6.45) is -0.345. The SMILES string of the molecule is O=C1Nc2c(cccc2C(F)(F)F)OCC12CCCCC2. The predicted octanol–water partition coefficient (Wildman–Crippen LogP) is 3.99. The van der Waals surface area contributed by atoms with Crippen LogP contribution < -0.4 is 10.1 Å². The van der Waals surface area contributed by atoms with Crippen LogP contribution in [-0.4, -0.2) is 12.5 Å². The van der Waals surface area contributed by atoms with E-state index < -0.39 is 17.2 Å². The van der Waals surface area contributed by atoms with Crippen molar-refractivity contribution in [3.8, 4) is 5.75 Å². The summed E-state index contributed by atoms with van der Waals surface area (Å²) in [6, 6.07) is 3.72. The van der Waals surface area contributed by atoms with E-state index in [0.29, 0.717) is 12.8 Å². The number of carbonyl (C=O) groups excluding carboxylic acids is 1. The molecule has 0 aromatic heterocycles. The average Bonchev–Trinajstić information content (AvgIpc) is 2.57. The second-order valence-electron chi connectivity index (χ2n) is 5.76. The minimum atomic E-state index is -4.52. The third-order valence-corrected chi connectivity index (χ3v) is 4.37. The van der Waals surface area contributed by atoms with Crippen LogP contribution in [0.2, 0.25) is 0 Å². The molecule has 0 saturated heterocycles. The Hall–Kier alpha value is -1.72. The van der Waals surface area contributed by atoms with Crippen LogP contribution in [0.1, 0.15) is 37.7 Å². The maximum atomic E-state index is 13.1. The van der Waals surface area contributed by atoms with Gasteiger partial charge in [-0.25, -0.2) is 0 Å². The standard InChI is InChI=1S/C15H16F3NO2/c16-15(17,18)10-5-4-6-11-12(10)19-13(20)14(9-21-11)7-2-1-3-8-14/h4-6H,1-3,7-9H2,(H,19,20). The molecular formula is C15H16F3NO2. The largest absolute Gasteiger partial charge is 0.490 e. The van der Waals surface area contributed by atoms with E-state index in [0.717, 1.165) is 25.3 Å². The second-order valence-corrected chi connectivity index (χ2v) is 5.76. The Labute approximate surface area is 120 Å². The zero-order chi connectivity index (χ0) is 15.1. The molecule has 3 nitrogen and oxygen atoms in total. The van der Waals surface area contributed by atoms with Crippen molar-refractivity contribution in [1.29, 1.82) is 0 Å². The van der Waals surface area contributed by atoms with Crippen LogP contribution in [-0.2, 0) is 11.0 Å². The Bertz CT molecular complexity index is 563. The lowest BCUT2D eigenvalue weighted by Crippen LogP contribution is -2.41. The number of hydrogen-bond donors (Lipinski definition) is 1. The Kier molecular flexibility index (Phi) is 3.34. The average molecular weight is 299 g/mol. The van der Waals surface area contributed by atoms with Crippen molar-refractivity contribution in [1.82, 2.24) is 0 Å². The van der Waals surface area contributed by atoms with E-state index in [4.69, 9.17) is 4.74 Å². The Morgan fingerprint density at radius 3 is 2.52 bits per heavy atom.